The van der Waals surface area contributed by atoms with Gasteiger partial charge >= 0.3 is 5.97 Å². The van der Waals surface area contributed by atoms with E-state index in [2.05, 4.69) is 5.32 Å². The molecule has 0 saturated carbocycles. The molecular formula is C24H22FNO3. The first-order chi connectivity index (χ1) is 14.0. The van der Waals surface area contributed by atoms with Crippen LogP contribution < -0.4 is 5.32 Å². The van der Waals surface area contributed by atoms with Crippen LogP contribution in [0.4, 0.5) is 10.1 Å². The highest BCUT2D eigenvalue weighted by Crippen LogP contribution is 2.28. The van der Waals surface area contributed by atoms with Crippen molar-refractivity contribution >= 4 is 17.6 Å². The number of carbonyl (C=O) groups is 2. The van der Waals surface area contributed by atoms with E-state index in [0.29, 0.717) is 11.3 Å². The van der Waals surface area contributed by atoms with Crippen LogP contribution in [0.25, 0.3) is 0 Å². The van der Waals surface area contributed by atoms with Gasteiger partial charge in [-0.3, -0.25) is 9.59 Å². The molecule has 5 heteroatoms. The molecular weight excluding hydrogens is 369 g/mol. The molecule has 0 radical (unpaired) electrons. The van der Waals surface area contributed by atoms with E-state index >= 15 is 0 Å². The molecule has 0 atom stereocenters. The van der Waals surface area contributed by atoms with Crippen molar-refractivity contribution < 1.29 is 18.7 Å². The summed E-state index contributed by atoms with van der Waals surface area (Å²) >= 11 is 0. The predicted octanol–water partition coefficient (Wildman–Crippen LogP) is 4.84. The number of benzene rings is 3. The van der Waals surface area contributed by atoms with Gasteiger partial charge in [-0.1, -0.05) is 66.7 Å². The first-order valence-corrected chi connectivity index (χ1v) is 9.34. The molecule has 0 aliphatic carbocycles. The molecule has 0 saturated heterocycles. The van der Waals surface area contributed by atoms with E-state index in [1.165, 1.54) is 6.07 Å². The van der Waals surface area contributed by atoms with Crippen LogP contribution in [0.3, 0.4) is 0 Å². The Balaban J connectivity index is 1.60. The van der Waals surface area contributed by atoms with Gasteiger partial charge in [0, 0.05) is 11.6 Å². The van der Waals surface area contributed by atoms with E-state index in [4.69, 9.17) is 4.74 Å². The molecule has 0 aliphatic rings. The van der Waals surface area contributed by atoms with Crippen LogP contribution >= 0.6 is 0 Å². The summed E-state index contributed by atoms with van der Waals surface area (Å²) in [7, 11) is 0. The molecule has 29 heavy (non-hydrogen) atoms. The second kappa shape index (κ2) is 9.64. The Morgan fingerprint density at radius 3 is 2.07 bits per heavy atom. The Morgan fingerprint density at radius 2 is 1.52 bits per heavy atom. The lowest BCUT2D eigenvalue weighted by Crippen LogP contribution is -2.22. The number of carbonyl (C=O) groups excluding carboxylic acids is 2. The Morgan fingerprint density at radius 1 is 0.931 bits per heavy atom. The van der Waals surface area contributed by atoms with E-state index in [1.807, 2.05) is 60.7 Å². The minimum atomic E-state index is -0.516. The molecule has 0 fully saturated rings. The van der Waals surface area contributed by atoms with Crippen LogP contribution in [0.2, 0.25) is 0 Å². The summed E-state index contributed by atoms with van der Waals surface area (Å²) < 4.78 is 18.7. The third-order valence-electron chi connectivity index (χ3n) is 4.59. The molecule has 3 rings (SSSR count). The number of nitrogens with one attached hydrogen (secondary N) is 1. The molecule has 0 aliphatic heterocycles. The fraction of sp³-hybridized carbons (Fsp3) is 0.167. The van der Waals surface area contributed by atoms with Crippen molar-refractivity contribution in [2.75, 3.05) is 11.9 Å². The minimum absolute atomic E-state index is 0.112. The molecule has 1 amide bonds. The van der Waals surface area contributed by atoms with Gasteiger partial charge in [0.05, 0.1) is 6.42 Å². The van der Waals surface area contributed by atoms with Crippen molar-refractivity contribution in [2.45, 2.75) is 19.3 Å². The molecule has 3 aromatic rings. The van der Waals surface area contributed by atoms with E-state index in [9.17, 15) is 14.0 Å². The van der Waals surface area contributed by atoms with Crippen LogP contribution in [0, 0.1) is 12.7 Å². The smallest absolute Gasteiger partial charge is 0.307 e. The van der Waals surface area contributed by atoms with Crippen LogP contribution in [0.5, 0.6) is 0 Å². The number of esters is 1. The monoisotopic (exact) mass is 391 g/mol. The Hall–Kier alpha value is -3.47. The number of amides is 1. The maximum atomic E-state index is 13.6. The molecule has 0 bridgehead atoms. The van der Waals surface area contributed by atoms with Crippen molar-refractivity contribution in [3.8, 4) is 0 Å². The minimum Gasteiger partial charge on any atom is -0.456 e. The molecule has 4 nitrogen and oxygen atoms in total. The number of halogens is 1. The van der Waals surface area contributed by atoms with Crippen LogP contribution in [-0.2, 0) is 14.3 Å². The van der Waals surface area contributed by atoms with Crippen LogP contribution in [0.15, 0.2) is 78.9 Å². The van der Waals surface area contributed by atoms with E-state index in [0.717, 1.165) is 11.1 Å². The van der Waals surface area contributed by atoms with Crippen LogP contribution in [0.1, 0.15) is 29.0 Å². The Labute approximate surface area is 169 Å². The highest BCUT2D eigenvalue weighted by molar-refractivity contribution is 5.92. The third-order valence-corrected chi connectivity index (χ3v) is 4.59. The SMILES string of the molecule is Cc1ccc(NC(=O)COC(=O)CC(c2ccccc2)c2ccccc2)cc1F. The molecule has 0 unspecified atom stereocenters. The van der Waals surface area contributed by atoms with E-state index < -0.39 is 24.3 Å². The normalized spacial score (nSPS) is 10.6. The zero-order valence-electron chi connectivity index (χ0n) is 16.1. The number of aryl methyl sites for hydroxylation is 1. The number of hydrogen-bond acceptors (Lipinski definition) is 3. The van der Waals surface area contributed by atoms with Crippen LogP contribution in [-0.4, -0.2) is 18.5 Å². The number of ether oxygens (including phenoxy) is 1. The summed E-state index contributed by atoms with van der Waals surface area (Å²) in [6.07, 6.45) is 0.112. The summed E-state index contributed by atoms with van der Waals surface area (Å²) in [6, 6.07) is 23.8. The van der Waals surface area contributed by atoms with Gasteiger partial charge in [-0.05, 0) is 35.7 Å². The largest absolute Gasteiger partial charge is 0.456 e. The summed E-state index contributed by atoms with van der Waals surface area (Å²) in [5.41, 5.74) is 2.80. The summed E-state index contributed by atoms with van der Waals surface area (Å²) in [6.45, 7) is 1.21. The predicted molar refractivity (Wildman–Crippen MR) is 110 cm³/mol. The number of anilines is 1. The third kappa shape index (κ3) is 5.75. The van der Waals surface area contributed by atoms with E-state index in [-0.39, 0.29) is 12.3 Å². The topological polar surface area (TPSA) is 55.4 Å². The fourth-order valence-corrected chi connectivity index (χ4v) is 3.04. The van der Waals surface area contributed by atoms with Gasteiger partial charge in [-0.15, -0.1) is 0 Å². The van der Waals surface area contributed by atoms with Crippen molar-refractivity contribution in [1.82, 2.24) is 0 Å². The maximum absolute atomic E-state index is 13.6. The highest BCUT2D eigenvalue weighted by Gasteiger charge is 2.19. The maximum Gasteiger partial charge on any atom is 0.307 e. The lowest BCUT2D eigenvalue weighted by molar-refractivity contribution is -0.147. The van der Waals surface area contributed by atoms with Crippen molar-refractivity contribution in [3.63, 3.8) is 0 Å². The average Bonchev–Trinajstić information content (AvgIpc) is 2.74. The van der Waals surface area contributed by atoms with Crippen molar-refractivity contribution in [2.24, 2.45) is 0 Å². The lowest BCUT2D eigenvalue weighted by Gasteiger charge is -2.17. The standard InChI is InChI=1S/C24H22FNO3/c1-17-12-13-20(14-22(17)25)26-23(27)16-29-24(28)15-21(18-8-4-2-5-9-18)19-10-6-3-7-11-19/h2-14,21H,15-16H2,1H3,(H,26,27). The van der Waals surface area contributed by atoms with Crippen molar-refractivity contribution in [1.29, 1.82) is 0 Å². The van der Waals surface area contributed by atoms with Gasteiger partial charge in [-0.25, -0.2) is 4.39 Å². The summed E-state index contributed by atoms with van der Waals surface area (Å²) in [5.74, 6) is -1.57. The quantitative estimate of drug-likeness (QED) is 0.587. The molecule has 148 valence electrons. The first kappa shape index (κ1) is 20.3. The molecule has 1 N–H and O–H groups in total. The first-order valence-electron chi connectivity index (χ1n) is 9.34. The Bertz CT molecular complexity index is 934. The van der Waals surface area contributed by atoms with Gasteiger partial charge in [0.15, 0.2) is 6.61 Å². The summed E-state index contributed by atoms with van der Waals surface area (Å²) in [4.78, 5) is 24.4. The second-order valence-corrected chi connectivity index (χ2v) is 6.75. The second-order valence-electron chi connectivity index (χ2n) is 6.75. The van der Waals surface area contributed by atoms with Gasteiger partial charge in [0.2, 0.25) is 0 Å². The fourth-order valence-electron chi connectivity index (χ4n) is 3.04. The molecule has 0 heterocycles. The van der Waals surface area contributed by atoms with Crippen molar-refractivity contribution in [3.05, 3.63) is 101 Å². The van der Waals surface area contributed by atoms with Gasteiger partial charge in [0.25, 0.3) is 5.91 Å². The average molecular weight is 391 g/mol. The molecule has 0 aromatic heterocycles. The Kier molecular flexibility index (Phi) is 6.74. The number of hydrogen-bond donors (Lipinski definition) is 1. The lowest BCUT2D eigenvalue weighted by atomic mass is 9.89. The van der Waals surface area contributed by atoms with Gasteiger partial charge in [-0.2, -0.15) is 0 Å². The van der Waals surface area contributed by atoms with Gasteiger partial charge < -0.3 is 10.1 Å². The highest BCUT2D eigenvalue weighted by atomic mass is 19.1. The zero-order chi connectivity index (χ0) is 20.6. The zero-order valence-corrected chi connectivity index (χ0v) is 16.1. The van der Waals surface area contributed by atoms with Gasteiger partial charge in [0.1, 0.15) is 5.82 Å². The number of rotatable bonds is 7. The summed E-state index contributed by atoms with van der Waals surface area (Å²) in [5, 5.41) is 2.53. The molecule has 0 spiro atoms. The van der Waals surface area contributed by atoms with E-state index in [1.54, 1.807) is 19.1 Å². The molecule has 3 aromatic carbocycles.